The number of hydrogen-bond acceptors (Lipinski definition) is 4. The van der Waals surface area contributed by atoms with Gasteiger partial charge in [-0.3, -0.25) is 4.79 Å². The minimum absolute atomic E-state index is 0.0832. The normalized spacial score (nSPS) is 10.6. The number of aromatic nitrogens is 1. The molecule has 0 atom stereocenters. The highest BCUT2D eigenvalue weighted by molar-refractivity contribution is 7.14. The average Bonchev–Trinajstić information content (AvgIpc) is 3.27. The number of nitrogens with zero attached hydrogens (tertiary/aromatic N) is 1. The molecule has 3 aromatic carbocycles. The van der Waals surface area contributed by atoms with Crippen LogP contribution >= 0.6 is 11.3 Å². The fraction of sp³-hybridized carbons (Fsp3) is 0.154. The summed E-state index contributed by atoms with van der Waals surface area (Å²) in [6.45, 7) is 2.66. The van der Waals surface area contributed by atoms with Crippen LogP contribution in [-0.4, -0.2) is 10.9 Å². The number of nitrogens with one attached hydrogen (secondary N) is 1. The van der Waals surface area contributed by atoms with Crippen LogP contribution in [0.5, 0.6) is 5.75 Å². The number of carbonyl (C=O) groups excluding carboxylic acids is 1. The van der Waals surface area contributed by atoms with Gasteiger partial charge in [-0.15, -0.1) is 11.3 Å². The molecule has 1 heterocycles. The first kappa shape index (κ1) is 20.8. The first-order chi connectivity index (χ1) is 15.2. The van der Waals surface area contributed by atoms with E-state index in [1.165, 1.54) is 16.9 Å². The average molecular weight is 429 g/mol. The summed E-state index contributed by atoms with van der Waals surface area (Å²) < 4.78 is 5.80. The van der Waals surface area contributed by atoms with Crippen molar-refractivity contribution in [1.82, 2.24) is 4.98 Å². The molecule has 4 rings (SSSR count). The number of benzene rings is 3. The van der Waals surface area contributed by atoms with E-state index in [2.05, 4.69) is 41.5 Å². The number of thiazole rings is 1. The van der Waals surface area contributed by atoms with E-state index in [0.717, 1.165) is 34.6 Å². The Hall–Kier alpha value is -3.44. The summed E-state index contributed by atoms with van der Waals surface area (Å²) in [6, 6.07) is 26.0. The maximum absolute atomic E-state index is 12.4. The van der Waals surface area contributed by atoms with E-state index in [1.54, 1.807) is 0 Å². The largest absolute Gasteiger partial charge is 0.489 e. The Balaban J connectivity index is 1.30. The summed E-state index contributed by atoms with van der Waals surface area (Å²) in [5.41, 5.74) is 5.28. The van der Waals surface area contributed by atoms with Gasteiger partial charge >= 0.3 is 0 Å². The lowest BCUT2D eigenvalue weighted by molar-refractivity contribution is -0.115. The molecule has 1 N–H and O–H groups in total. The first-order valence-corrected chi connectivity index (χ1v) is 11.2. The van der Waals surface area contributed by atoms with Gasteiger partial charge in [0.2, 0.25) is 5.91 Å². The van der Waals surface area contributed by atoms with Gasteiger partial charge in [0, 0.05) is 10.9 Å². The van der Waals surface area contributed by atoms with Crippen molar-refractivity contribution in [2.75, 3.05) is 5.32 Å². The lowest BCUT2D eigenvalue weighted by atomic mass is 10.1. The quantitative estimate of drug-likeness (QED) is 0.367. The highest BCUT2D eigenvalue weighted by atomic mass is 32.1. The van der Waals surface area contributed by atoms with E-state index in [4.69, 9.17) is 4.74 Å². The Kier molecular flexibility index (Phi) is 6.75. The van der Waals surface area contributed by atoms with E-state index < -0.39 is 0 Å². The van der Waals surface area contributed by atoms with Crippen LogP contribution in [0.15, 0.2) is 84.2 Å². The molecule has 5 heteroatoms. The molecule has 0 aliphatic carbocycles. The third-order valence-corrected chi connectivity index (χ3v) is 5.70. The number of hydrogen-bond donors (Lipinski definition) is 1. The zero-order valence-corrected chi connectivity index (χ0v) is 18.2. The number of rotatable bonds is 8. The van der Waals surface area contributed by atoms with E-state index in [-0.39, 0.29) is 5.91 Å². The number of ether oxygens (including phenoxy) is 1. The van der Waals surface area contributed by atoms with Gasteiger partial charge < -0.3 is 10.1 Å². The van der Waals surface area contributed by atoms with Crippen LogP contribution in [0.4, 0.5) is 5.13 Å². The Morgan fingerprint density at radius 2 is 1.61 bits per heavy atom. The monoisotopic (exact) mass is 428 g/mol. The SMILES string of the molecule is CCc1ccc(-c2csc(NC(=O)Cc3ccc(OCc4ccccc4)cc3)n2)cc1. The molecule has 0 radical (unpaired) electrons. The third-order valence-electron chi connectivity index (χ3n) is 4.94. The number of carbonyl (C=O) groups is 1. The van der Waals surface area contributed by atoms with Crippen molar-refractivity contribution in [3.05, 3.63) is 101 Å². The summed E-state index contributed by atoms with van der Waals surface area (Å²) in [7, 11) is 0. The number of aryl methyl sites for hydroxylation is 1. The zero-order chi connectivity index (χ0) is 21.5. The first-order valence-electron chi connectivity index (χ1n) is 10.3. The maximum atomic E-state index is 12.4. The Labute approximate surface area is 186 Å². The standard InChI is InChI=1S/C26H24N2O2S/c1-2-19-8-12-22(13-9-19)24-18-31-26(27-24)28-25(29)16-20-10-14-23(15-11-20)30-17-21-6-4-3-5-7-21/h3-15,18H,2,16-17H2,1H3,(H,27,28,29). The van der Waals surface area contributed by atoms with Gasteiger partial charge in [-0.1, -0.05) is 73.7 Å². The summed E-state index contributed by atoms with van der Waals surface area (Å²) in [5.74, 6) is 0.701. The molecule has 0 aliphatic heterocycles. The van der Waals surface area contributed by atoms with Gasteiger partial charge in [0.25, 0.3) is 0 Å². The Morgan fingerprint density at radius 1 is 0.903 bits per heavy atom. The van der Waals surface area contributed by atoms with Crippen molar-refractivity contribution in [1.29, 1.82) is 0 Å². The predicted octanol–water partition coefficient (Wildman–Crippen LogP) is 6.13. The van der Waals surface area contributed by atoms with E-state index in [9.17, 15) is 4.79 Å². The second-order valence-corrected chi connectivity index (χ2v) is 8.09. The highest BCUT2D eigenvalue weighted by Gasteiger charge is 2.09. The molecule has 0 bridgehead atoms. The molecule has 31 heavy (non-hydrogen) atoms. The van der Waals surface area contributed by atoms with Crippen molar-refractivity contribution in [3.8, 4) is 17.0 Å². The van der Waals surface area contributed by atoms with Gasteiger partial charge in [0.05, 0.1) is 12.1 Å². The summed E-state index contributed by atoms with van der Waals surface area (Å²) >= 11 is 1.44. The van der Waals surface area contributed by atoms with Gasteiger partial charge in [-0.2, -0.15) is 0 Å². The van der Waals surface area contributed by atoms with Crippen molar-refractivity contribution >= 4 is 22.4 Å². The molecule has 0 saturated heterocycles. The molecule has 0 aliphatic rings. The van der Waals surface area contributed by atoms with Crippen LogP contribution in [-0.2, 0) is 24.2 Å². The molecule has 1 amide bonds. The molecule has 0 fully saturated rings. The lowest BCUT2D eigenvalue weighted by Crippen LogP contribution is -2.14. The molecule has 4 nitrogen and oxygen atoms in total. The van der Waals surface area contributed by atoms with Crippen molar-refractivity contribution < 1.29 is 9.53 Å². The van der Waals surface area contributed by atoms with Crippen LogP contribution in [0.1, 0.15) is 23.6 Å². The minimum Gasteiger partial charge on any atom is -0.489 e. The fourth-order valence-corrected chi connectivity index (χ4v) is 3.90. The second-order valence-electron chi connectivity index (χ2n) is 7.23. The molecular formula is C26H24N2O2S. The van der Waals surface area contributed by atoms with Gasteiger partial charge in [-0.05, 0) is 35.2 Å². The molecule has 0 spiro atoms. The van der Waals surface area contributed by atoms with Crippen LogP contribution in [0.2, 0.25) is 0 Å². The zero-order valence-electron chi connectivity index (χ0n) is 17.4. The Morgan fingerprint density at radius 3 is 2.32 bits per heavy atom. The smallest absolute Gasteiger partial charge is 0.230 e. The topological polar surface area (TPSA) is 51.2 Å². The molecule has 1 aromatic heterocycles. The lowest BCUT2D eigenvalue weighted by Gasteiger charge is -2.07. The Bertz CT molecular complexity index is 1120. The van der Waals surface area contributed by atoms with Crippen LogP contribution in [0, 0.1) is 0 Å². The summed E-state index contributed by atoms with van der Waals surface area (Å²) in [6.07, 6.45) is 1.30. The van der Waals surface area contributed by atoms with Crippen molar-refractivity contribution in [3.63, 3.8) is 0 Å². The van der Waals surface area contributed by atoms with Crippen LogP contribution < -0.4 is 10.1 Å². The van der Waals surface area contributed by atoms with Gasteiger partial charge in [0.1, 0.15) is 12.4 Å². The minimum atomic E-state index is -0.0832. The predicted molar refractivity (Wildman–Crippen MR) is 126 cm³/mol. The summed E-state index contributed by atoms with van der Waals surface area (Å²) in [4.78, 5) is 17.0. The highest BCUT2D eigenvalue weighted by Crippen LogP contribution is 2.25. The van der Waals surface area contributed by atoms with Gasteiger partial charge in [0.15, 0.2) is 5.13 Å². The van der Waals surface area contributed by atoms with E-state index >= 15 is 0 Å². The number of anilines is 1. The molecule has 0 saturated carbocycles. The molecule has 156 valence electrons. The maximum Gasteiger partial charge on any atom is 0.230 e. The van der Waals surface area contributed by atoms with E-state index in [0.29, 0.717) is 18.2 Å². The fourth-order valence-electron chi connectivity index (χ4n) is 3.17. The van der Waals surface area contributed by atoms with Crippen LogP contribution in [0.3, 0.4) is 0 Å². The third kappa shape index (κ3) is 5.80. The molecular weight excluding hydrogens is 404 g/mol. The second kappa shape index (κ2) is 10.0. The van der Waals surface area contributed by atoms with Crippen molar-refractivity contribution in [2.24, 2.45) is 0 Å². The van der Waals surface area contributed by atoms with E-state index in [1.807, 2.05) is 60.0 Å². The molecule has 4 aromatic rings. The van der Waals surface area contributed by atoms with Crippen LogP contribution in [0.25, 0.3) is 11.3 Å². The van der Waals surface area contributed by atoms with Crippen molar-refractivity contribution in [2.45, 2.75) is 26.4 Å². The van der Waals surface area contributed by atoms with Gasteiger partial charge in [-0.25, -0.2) is 4.98 Å². The summed E-state index contributed by atoms with van der Waals surface area (Å²) in [5, 5.41) is 5.48. The molecule has 0 unspecified atom stereocenters. The number of amides is 1.